The number of rotatable bonds is 6. The van der Waals surface area contributed by atoms with Gasteiger partial charge in [0.25, 0.3) is 11.7 Å². The quantitative estimate of drug-likeness (QED) is 0.193. The number of aliphatic hydroxyl groups excluding tert-OH is 1. The Bertz CT molecular complexity index is 1450. The molecule has 2 aromatic carbocycles. The van der Waals surface area contributed by atoms with Gasteiger partial charge in [-0.25, -0.2) is 4.79 Å². The summed E-state index contributed by atoms with van der Waals surface area (Å²) in [6, 6.07) is 13.9. The fourth-order valence-electron chi connectivity index (χ4n) is 4.62. The number of Topliss-reactive ketones (excluding diaryl/α,β-unsaturated/α-hetero) is 1. The molecule has 0 radical (unpaired) electrons. The van der Waals surface area contributed by atoms with Gasteiger partial charge in [0.15, 0.2) is 0 Å². The molecule has 202 valence electrons. The highest BCUT2D eigenvalue weighted by Gasteiger charge is 2.47. The van der Waals surface area contributed by atoms with Crippen molar-refractivity contribution < 1.29 is 29.0 Å². The number of benzene rings is 2. The SMILES string of the molecule is COc1ccc(/C(O)=C2/C(=O)C(=O)N(c3cccc(C(=O)OC(C)C)c3)C2c2ccncc2)cc1C(C)(C)C. The Morgan fingerprint density at radius 1 is 1.00 bits per heavy atom. The number of pyridine rings is 1. The number of aliphatic hydroxyl groups is 1. The van der Waals surface area contributed by atoms with Crippen LogP contribution < -0.4 is 9.64 Å². The fraction of sp³-hybridized carbons (Fsp3) is 0.290. The number of aromatic nitrogens is 1. The molecule has 4 rings (SSSR count). The lowest BCUT2D eigenvalue weighted by Crippen LogP contribution is -2.29. The summed E-state index contributed by atoms with van der Waals surface area (Å²) in [4.78, 5) is 45.0. The third kappa shape index (κ3) is 5.41. The Balaban J connectivity index is 1.91. The summed E-state index contributed by atoms with van der Waals surface area (Å²) < 4.78 is 10.8. The average molecular weight is 529 g/mol. The van der Waals surface area contributed by atoms with Crippen LogP contribution in [0.5, 0.6) is 5.75 Å². The molecule has 8 nitrogen and oxygen atoms in total. The van der Waals surface area contributed by atoms with Crippen LogP contribution in [0.25, 0.3) is 5.76 Å². The number of methoxy groups -OCH3 is 1. The first-order valence-corrected chi connectivity index (χ1v) is 12.6. The van der Waals surface area contributed by atoms with Crippen LogP contribution in [-0.2, 0) is 19.7 Å². The summed E-state index contributed by atoms with van der Waals surface area (Å²) in [5.74, 6) is -1.86. The largest absolute Gasteiger partial charge is 0.507 e. The van der Waals surface area contributed by atoms with Gasteiger partial charge in [0.2, 0.25) is 0 Å². The lowest BCUT2D eigenvalue weighted by atomic mass is 9.84. The highest BCUT2D eigenvalue weighted by atomic mass is 16.5. The smallest absolute Gasteiger partial charge is 0.338 e. The normalized spacial score (nSPS) is 17.0. The van der Waals surface area contributed by atoms with Crippen molar-refractivity contribution in [1.29, 1.82) is 0 Å². The third-order valence-electron chi connectivity index (χ3n) is 6.45. The maximum Gasteiger partial charge on any atom is 0.338 e. The minimum Gasteiger partial charge on any atom is -0.507 e. The van der Waals surface area contributed by atoms with E-state index >= 15 is 0 Å². The monoisotopic (exact) mass is 528 g/mol. The molecule has 1 fully saturated rings. The van der Waals surface area contributed by atoms with E-state index in [0.29, 0.717) is 22.6 Å². The van der Waals surface area contributed by atoms with Gasteiger partial charge in [-0.15, -0.1) is 0 Å². The second kappa shape index (κ2) is 10.7. The summed E-state index contributed by atoms with van der Waals surface area (Å²) in [6.45, 7) is 9.54. The Morgan fingerprint density at radius 2 is 1.69 bits per heavy atom. The predicted molar refractivity (Wildman–Crippen MR) is 148 cm³/mol. The fourth-order valence-corrected chi connectivity index (χ4v) is 4.62. The van der Waals surface area contributed by atoms with E-state index in [1.165, 1.54) is 11.0 Å². The van der Waals surface area contributed by atoms with Gasteiger partial charge in [-0.1, -0.05) is 26.8 Å². The van der Waals surface area contributed by atoms with Crippen LogP contribution >= 0.6 is 0 Å². The zero-order chi connectivity index (χ0) is 28.5. The van der Waals surface area contributed by atoms with Crippen LogP contribution in [0, 0.1) is 0 Å². The Labute approximate surface area is 227 Å². The van der Waals surface area contributed by atoms with Crippen molar-refractivity contribution >= 4 is 29.1 Å². The number of ether oxygens (including phenoxy) is 2. The van der Waals surface area contributed by atoms with Crippen LogP contribution in [0.1, 0.15) is 67.7 Å². The van der Waals surface area contributed by atoms with Crippen molar-refractivity contribution in [3.05, 3.63) is 94.8 Å². The van der Waals surface area contributed by atoms with Gasteiger partial charge < -0.3 is 14.6 Å². The molecule has 0 bridgehead atoms. The van der Waals surface area contributed by atoms with Crippen molar-refractivity contribution in [1.82, 2.24) is 4.98 Å². The number of esters is 1. The average Bonchev–Trinajstić information content (AvgIpc) is 3.17. The zero-order valence-electron chi connectivity index (χ0n) is 22.9. The first-order valence-electron chi connectivity index (χ1n) is 12.6. The van der Waals surface area contributed by atoms with E-state index in [0.717, 1.165) is 5.56 Å². The molecule has 1 N–H and O–H groups in total. The summed E-state index contributed by atoms with van der Waals surface area (Å²) in [6.07, 6.45) is 2.78. The standard InChI is InChI=1S/C31H32N2O6/c1-18(2)39-30(37)21-8-7-9-22(16-21)33-26(19-12-14-32-15-13-19)25(28(35)29(33)36)27(34)20-10-11-24(38-6)23(17-20)31(3,4)5/h7-18,26,34H,1-6H3/b27-25-. The summed E-state index contributed by atoms with van der Waals surface area (Å²) in [5, 5.41) is 11.5. The van der Waals surface area contributed by atoms with E-state index in [4.69, 9.17) is 9.47 Å². The zero-order valence-corrected chi connectivity index (χ0v) is 22.9. The second-order valence-corrected chi connectivity index (χ2v) is 10.6. The van der Waals surface area contributed by atoms with Crippen LogP contribution in [0.3, 0.4) is 0 Å². The number of hydrogen-bond donors (Lipinski definition) is 1. The van der Waals surface area contributed by atoms with Gasteiger partial charge in [-0.05, 0) is 73.4 Å². The number of carbonyl (C=O) groups is 3. The Morgan fingerprint density at radius 3 is 2.31 bits per heavy atom. The highest BCUT2D eigenvalue weighted by Crippen LogP contribution is 2.43. The van der Waals surface area contributed by atoms with Crippen molar-refractivity contribution in [2.24, 2.45) is 0 Å². The number of anilines is 1. The first-order chi connectivity index (χ1) is 18.4. The Hall–Kier alpha value is -4.46. The van der Waals surface area contributed by atoms with Gasteiger partial charge in [0, 0.05) is 29.2 Å². The van der Waals surface area contributed by atoms with Crippen LogP contribution in [0.2, 0.25) is 0 Å². The van der Waals surface area contributed by atoms with Gasteiger partial charge in [0.1, 0.15) is 11.5 Å². The highest BCUT2D eigenvalue weighted by molar-refractivity contribution is 6.51. The van der Waals surface area contributed by atoms with E-state index in [-0.39, 0.29) is 28.4 Å². The van der Waals surface area contributed by atoms with E-state index in [1.807, 2.05) is 20.8 Å². The number of ketones is 1. The molecule has 1 aliphatic heterocycles. The predicted octanol–water partition coefficient (Wildman–Crippen LogP) is 5.58. The van der Waals surface area contributed by atoms with Crippen LogP contribution in [-0.4, -0.2) is 41.0 Å². The van der Waals surface area contributed by atoms with E-state index in [2.05, 4.69) is 4.98 Å². The van der Waals surface area contributed by atoms with E-state index in [9.17, 15) is 19.5 Å². The summed E-state index contributed by atoms with van der Waals surface area (Å²) in [5.41, 5.74) is 1.97. The van der Waals surface area contributed by atoms with Crippen molar-refractivity contribution in [3.63, 3.8) is 0 Å². The maximum absolute atomic E-state index is 13.5. The minimum absolute atomic E-state index is 0.0635. The van der Waals surface area contributed by atoms with Gasteiger partial charge in [-0.3, -0.25) is 19.5 Å². The molecule has 1 aromatic heterocycles. The lowest BCUT2D eigenvalue weighted by Gasteiger charge is -2.26. The van der Waals surface area contributed by atoms with Crippen LogP contribution in [0.4, 0.5) is 5.69 Å². The molecule has 1 saturated heterocycles. The molecule has 1 amide bonds. The number of carbonyl (C=O) groups excluding carboxylic acids is 3. The van der Waals surface area contributed by atoms with Crippen LogP contribution in [0.15, 0.2) is 72.6 Å². The molecule has 1 unspecified atom stereocenters. The molecule has 3 aromatic rings. The number of nitrogens with zero attached hydrogens (tertiary/aromatic N) is 2. The number of amides is 1. The van der Waals surface area contributed by atoms with Crippen molar-refractivity contribution in [2.75, 3.05) is 12.0 Å². The molecular weight excluding hydrogens is 496 g/mol. The molecule has 0 spiro atoms. The van der Waals surface area contributed by atoms with Crippen molar-refractivity contribution in [2.45, 2.75) is 52.2 Å². The maximum atomic E-state index is 13.5. The lowest BCUT2D eigenvalue weighted by molar-refractivity contribution is -0.132. The van der Waals surface area contributed by atoms with Gasteiger partial charge >= 0.3 is 5.97 Å². The topological polar surface area (TPSA) is 106 Å². The number of hydrogen-bond acceptors (Lipinski definition) is 7. The Kier molecular flexibility index (Phi) is 7.58. The molecule has 1 atom stereocenters. The summed E-state index contributed by atoms with van der Waals surface area (Å²) in [7, 11) is 1.57. The minimum atomic E-state index is -0.954. The van der Waals surface area contributed by atoms with Gasteiger partial charge in [0.05, 0.1) is 30.4 Å². The van der Waals surface area contributed by atoms with Gasteiger partial charge in [-0.2, -0.15) is 0 Å². The molecule has 1 aliphatic rings. The molecule has 2 heterocycles. The van der Waals surface area contributed by atoms with Crippen molar-refractivity contribution in [3.8, 4) is 5.75 Å². The van der Waals surface area contributed by atoms with E-state index in [1.54, 1.807) is 81.9 Å². The molecule has 8 heteroatoms. The summed E-state index contributed by atoms with van der Waals surface area (Å²) >= 11 is 0. The third-order valence-corrected chi connectivity index (χ3v) is 6.45. The van der Waals surface area contributed by atoms with E-state index < -0.39 is 23.7 Å². The molecular formula is C31H32N2O6. The second-order valence-electron chi connectivity index (χ2n) is 10.6. The molecule has 0 saturated carbocycles. The molecule has 0 aliphatic carbocycles. The molecule has 39 heavy (non-hydrogen) atoms. The first kappa shape index (κ1) is 27.6.